The van der Waals surface area contributed by atoms with E-state index in [0.717, 1.165) is 11.1 Å². The summed E-state index contributed by atoms with van der Waals surface area (Å²) >= 11 is 0. The summed E-state index contributed by atoms with van der Waals surface area (Å²) in [7, 11) is -3.71. The van der Waals surface area contributed by atoms with Gasteiger partial charge in [-0.3, -0.25) is 9.10 Å². The lowest BCUT2D eigenvalue weighted by Gasteiger charge is -2.23. The molecule has 0 saturated carbocycles. The number of sulfonamides is 1. The lowest BCUT2D eigenvalue weighted by atomic mass is 10.1. The van der Waals surface area contributed by atoms with Gasteiger partial charge in [0.1, 0.15) is 5.75 Å². The van der Waals surface area contributed by atoms with Crippen molar-refractivity contribution in [1.82, 2.24) is 0 Å². The Bertz CT molecular complexity index is 1140. The molecule has 3 aromatic rings. The summed E-state index contributed by atoms with van der Waals surface area (Å²) in [6.07, 6.45) is 0. The van der Waals surface area contributed by atoms with E-state index in [2.05, 4.69) is 5.32 Å². The zero-order chi connectivity index (χ0) is 22.4. The molecular weight excluding hydrogens is 412 g/mol. The highest BCUT2D eigenvalue weighted by molar-refractivity contribution is 7.92. The van der Waals surface area contributed by atoms with Crippen molar-refractivity contribution >= 4 is 27.3 Å². The fraction of sp³-hybridized carbons (Fsp3) is 0.208. The van der Waals surface area contributed by atoms with E-state index >= 15 is 0 Å². The number of nitrogens with one attached hydrogen (secondary N) is 1. The SMILES string of the molecule is CCN(c1ccccc1)S(=O)(=O)c1ccc(NC(=O)COc2ccc(C)c(C)c2)cc1. The molecule has 0 unspecified atom stereocenters. The molecule has 0 heterocycles. The quantitative estimate of drug-likeness (QED) is 0.560. The second kappa shape index (κ2) is 9.66. The molecule has 1 amide bonds. The van der Waals surface area contributed by atoms with Gasteiger partial charge in [0.2, 0.25) is 0 Å². The third-order valence-corrected chi connectivity index (χ3v) is 6.82. The largest absolute Gasteiger partial charge is 0.484 e. The highest BCUT2D eigenvalue weighted by atomic mass is 32.2. The molecule has 1 N–H and O–H groups in total. The van der Waals surface area contributed by atoms with Gasteiger partial charge in [-0.1, -0.05) is 24.3 Å². The number of rotatable bonds is 8. The van der Waals surface area contributed by atoms with Gasteiger partial charge in [-0.15, -0.1) is 0 Å². The number of hydrogen-bond acceptors (Lipinski definition) is 4. The lowest BCUT2D eigenvalue weighted by molar-refractivity contribution is -0.118. The first-order valence-corrected chi connectivity index (χ1v) is 11.4. The van der Waals surface area contributed by atoms with Crippen molar-refractivity contribution in [2.24, 2.45) is 0 Å². The van der Waals surface area contributed by atoms with E-state index in [1.165, 1.54) is 16.4 Å². The van der Waals surface area contributed by atoms with Gasteiger partial charge in [0, 0.05) is 12.2 Å². The van der Waals surface area contributed by atoms with Crippen molar-refractivity contribution in [2.45, 2.75) is 25.7 Å². The van der Waals surface area contributed by atoms with E-state index < -0.39 is 10.0 Å². The highest BCUT2D eigenvalue weighted by Gasteiger charge is 2.23. The van der Waals surface area contributed by atoms with Gasteiger partial charge in [0.05, 0.1) is 10.6 Å². The van der Waals surface area contributed by atoms with E-state index in [1.807, 2.05) is 38.1 Å². The van der Waals surface area contributed by atoms with E-state index in [1.54, 1.807) is 43.3 Å². The summed E-state index contributed by atoms with van der Waals surface area (Å²) in [5.41, 5.74) is 3.34. The van der Waals surface area contributed by atoms with E-state index in [4.69, 9.17) is 4.74 Å². The molecule has 3 aromatic carbocycles. The van der Waals surface area contributed by atoms with E-state index in [0.29, 0.717) is 23.7 Å². The maximum Gasteiger partial charge on any atom is 0.264 e. The Balaban J connectivity index is 1.65. The molecule has 0 aliphatic rings. The van der Waals surface area contributed by atoms with Gasteiger partial charge < -0.3 is 10.1 Å². The maximum atomic E-state index is 13.0. The minimum atomic E-state index is -3.71. The van der Waals surface area contributed by atoms with Crippen LogP contribution in [-0.2, 0) is 14.8 Å². The zero-order valence-electron chi connectivity index (χ0n) is 17.8. The number of benzene rings is 3. The van der Waals surface area contributed by atoms with Crippen LogP contribution in [0.4, 0.5) is 11.4 Å². The molecule has 0 saturated heterocycles. The van der Waals surface area contributed by atoms with Crippen LogP contribution in [-0.4, -0.2) is 27.5 Å². The Kier molecular flexibility index (Phi) is 6.97. The monoisotopic (exact) mass is 438 g/mol. The molecule has 162 valence electrons. The van der Waals surface area contributed by atoms with Crippen LogP contribution in [0.5, 0.6) is 5.75 Å². The minimum absolute atomic E-state index is 0.139. The lowest BCUT2D eigenvalue weighted by Crippen LogP contribution is -2.30. The molecule has 0 bridgehead atoms. The first kappa shape index (κ1) is 22.4. The standard InChI is InChI=1S/C24H26N2O4S/c1-4-26(21-8-6-5-7-9-21)31(28,29)23-14-11-20(12-15-23)25-24(27)17-30-22-13-10-18(2)19(3)16-22/h5-16H,4,17H2,1-3H3,(H,25,27). The number of nitrogens with zero attached hydrogens (tertiary/aromatic N) is 1. The zero-order valence-corrected chi connectivity index (χ0v) is 18.6. The van der Waals surface area contributed by atoms with Crippen LogP contribution < -0.4 is 14.4 Å². The predicted molar refractivity (Wildman–Crippen MR) is 123 cm³/mol. The number of anilines is 2. The molecule has 3 rings (SSSR count). The number of amides is 1. The third kappa shape index (κ3) is 5.44. The molecule has 0 fully saturated rings. The summed E-state index contributed by atoms with van der Waals surface area (Å²) < 4.78 is 32.9. The van der Waals surface area contributed by atoms with E-state index in [9.17, 15) is 13.2 Å². The third-order valence-electron chi connectivity index (χ3n) is 4.91. The van der Waals surface area contributed by atoms with Crippen LogP contribution >= 0.6 is 0 Å². The molecule has 31 heavy (non-hydrogen) atoms. The number of carbonyl (C=O) groups excluding carboxylic acids is 1. The maximum absolute atomic E-state index is 13.0. The van der Waals surface area contributed by atoms with Crippen molar-refractivity contribution in [3.05, 3.63) is 83.9 Å². The molecule has 7 heteroatoms. The number of aryl methyl sites for hydroxylation is 2. The molecule has 0 aliphatic heterocycles. The smallest absolute Gasteiger partial charge is 0.264 e. The summed E-state index contributed by atoms with van der Waals surface area (Å²) in [4.78, 5) is 12.4. The summed E-state index contributed by atoms with van der Waals surface area (Å²) in [5.74, 6) is 0.300. The van der Waals surface area contributed by atoms with Crippen LogP contribution in [0.15, 0.2) is 77.7 Å². The summed E-state index contributed by atoms with van der Waals surface area (Å²) in [6.45, 7) is 5.94. The van der Waals surface area contributed by atoms with Crippen LogP contribution in [0, 0.1) is 13.8 Å². The molecule has 0 spiro atoms. The molecule has 6 nitrogen and oxygen atoms in total. The summed E-state index contributed by atoms with van der Waals surface area (Å²) in [5, 5.41) is 2.72. The van der Waals surface area contributed by atoms with Crippen LogP contribution in [0.1, 0.15) is 18.1 Å². The van der Waals surface area contributed by atoms with Crippen molar-refractivity contribution < 1.29 is 17.9 Å². The average Bonchev–Trinajstić information content (AvgIpc) is 2.76. The molecule has 0 aromatic heterocycles. The number of carbonyl (C=O) groups is 1. The summed E-state index contributed by atoms with van der Waals surface area (Å²) in [6, 6.07) is 20.7. The van der Waals surface area contributed by atoms with Gasteiger partial charge in [-0.25, -0.2) is 8.42 Å². The van der Waals surface area contributed by atoms with Crippen LogP contribution in [0.3, 0.4) is 0 Å². The Morgan fingerprint density at radius 3 is 2.23 bits per heavy atom. The van der Waals surface area contributed by atoms with Crippen molar-refractivity contribution in [3.8, 4) is 5.75 Å². The van der Waals surface area contributed by atoms with Gasteiger partial charge in [-0.05, 0) is 80.4 Å². The molecule has 0 radical (unpaired) electrons. The normalized spacial score (nSPS) is 11.1. The number of hydrogen-bond donors (Lipinski definition) is 1. The molecule has 0 aliphatic carbocycles. The van der Waals surface area contributed by atoms with Crippen LogP contribution in [0.2, 0.25) is 0 Å². The van der Waals surface area contributed by atoms with Gasteiger partial charge in [-0.2, -0.15) is 0 Å². The Morgan fingerprint density at radius 2 is 1.61 bits per heavy atom. The highest BCUT2D eigenvalue weighted by Crippen LogP contribution is 2.24. The predicted octanol–water partition coefficient (Wildman–Crippen LogP) is 4.54. The second-order valence-electron chi connectivity index (χ2n) is 7.11. The van der Waals surface area contributed by atoms with Crippen molar-refractivity contribution in [3.63, 3.8) is 0 Å². The number of para-hydroxylation sites is 1. The molecule has 0 atom stereocenters. The fourth-order valence-electron chi connectivity index (χ4n) is 3.07. The fourth-order valence-corrected chi connectivity index (χ4v) is 4.55. The Morgan fingerprint density at radius 1 is 0.935 bits per heavy atom. The van der Waals surface area contributed by atoms with Gasteiger partial charge >= 0.3 is 0 Å². The molecular formula is C24H26N2O4S. The van der Waals surface area contributed by atoms with Gasteiger partial charge in [0.15, 0.2) is 6.61 Å². The van der Waals surface area contributed by atoms with Crippen molar-refractivity contribution in [1.29, 1.82) is 0 Å². The first-order chi connectivity index (χ1) is 14.8. The minimum Gasteiger partial charge on any atom is -0.484 e. The van der Waals surface area contributed by atoms with Crippen molar-refractivity contribution in [2.75, 3.05) is 22.8 Å². The first-order valence-electron chi connectivity index (χ1n) is 9.99. The number of ether oxygens (including phenoxy) is 1. The Hall–Kier alpha value is -3.32. The average molecular weight is 439 g/mol. The van der Waals surface area contributed by atoms with E-state index in [-0.39, 0.29) is 17.4 Å². The van der Waals surface area contributed by atoms with Crippen LogP contribution in [0.25, 0.3) is 0 Å². The van der Waals surface area contributed by atoms with Gasteiger partial charge in [0.25, 0.3) is 15.9 Å². The second-order valence-corrected chi connectivity index (χ2v) is 8.97. The Labute approximate surface area is 183 Å². The topological polar surface area (TPSA) is 75.7 Å².